The van der Waals surface area contributed by atoms with Crippen LogP contribution in [0.25, 0.3) is 11.0 Å². The third-order valence-electron chi connectivity index (χ3n) is 3.28. The van der Waals surface area contributed by atoms with E-state index >= 15 is 0 Å². The Hall–Kier alpha value is -3.12. The van der Waals surface area contributed by atoms with Crippen molar-refractivity contribution < 1.29 is 14.3 Å². The van der Waals surface area contributed by atoms with Crippen molar-refractivity contribution in [1.29, 1.82) is 0 Å². The Balaban J connectivity index is 1.84. The van der Waals surface area contributed by atoms with E-state index in [1.54, 1.807) is 24.3 Å². The molecule has 2 aromatic carbocycles. The zero-order valence-electron chi connectivity index (χ0n) is 12.2. The SMILES string of the molecule is O=C(NN=Cc1coc2ccc(Cl)cc2c1=O)c1ccccc1O. The van der Waals surface area contributed by atoms with Gasteiger partial charge in [0.15, 0.2) is 0 Å². The van der Waals surface area contributed by atoms with Crippen LogP contribution in [0.4, 0.5) is 0 Å². The fraction of sp³-hybridized carbons (Fsp3) is 0. The number of carbonyl (C=O) groups excluding carboxylic acids is 1. The van der Waals surface area contributed by atoms with Crippen LogP contribution in [0.3, 0.4) is 0 Å². The number of amides is 1. The molecule has 0 aliphatic heterocycles. The van der Waals surface area contributed by atoms with Crippen molar-refractivity contribution in [2.24, 2.45) is 5.10 Å². The van der Waals surface area contributed by atoms with E-state index in [9.17, 15) is 14.7 Å². The van der Waals surface area contributed by atoms with Crippen LogP contribution in [0.1, 0.15) is 15.9 Å². The van der Waals surface area contributed by atoms with Crippen LogP contribution in [0.2, 0.25) is 5.02 Å². The molecular formula is C17H11ClN2O4. The molecule has 0 atom stereocenters. The molecular weight excluding hydrogens is 332 g/mol. The Labute approximate surface area is 141 Å². The number of phenols is 1. The molecule has 120 valence electrons. The number of rotatable bonds is 3. The highest BCUT2D eigenvalue weighted by atomic mass is 35.5. The summed E-state index contributed by atoms with van der Waals surface area (Å²) in [5.74, 6) is -0.761. The first kappa shape index (κ1) is 15.8. The van der Waals surface area contributed by atoms with Gasteiger partial charge in [0.25, 0.3) is 5.91 Å². The molecule has 0 aliphatic rings. The maximum absolute atomic E-state index is 12.3. The number of carbonyl (C=O) groups is 1. The van der Waals surface area contributed by atoms with E-state index < -0.39 is 5.91 Å². The average molecular weight is 343 g/mol. The minimum atomic E-state index is -0.599. The summed E-state index contributed by atoms with van der Waals surface area (Å²) in [7, 11) is 0. The summed E-state index contributed by atoms with van der Waals surface area (Å²) < 4.78 is 5.34. The summed E-state index contributed by atoms with van der Waals surface area (Å²) in [6.45, 7) is 0. The molecule has 3 rings (SSSR count). The van der Waals surface area contributed by atoms with Gasteiger partial charge in [-0.15, -0.1) is 0 Å². The highest BCUT2D eigenvalue weighted by Crippen LogP contribution is 2.17. The monoisotopic (exact) mass is 342 g/mol. The molecule has 0 radical (unpaired) electrons. The van der Waals surface area contributed by atoms with Crippen LogP contribution in [-0.4, -0.2) is 17.2 Å². The number of para-hydroxylation sites is 1. The van der Waals surface area contributed by atoms with Crippen molar-refractivity contribution in [3.05, 3.63) is 75.1 Å². The topological polar surface area (TPSA) is 91.9 Å². The van der Waals surface area contributed by atoms with Crippen LogP contribution >= 0.6 is 11.6 Å². The predicted octanol–water partition coefficient (Wildman–Crippen LogP) is 2.92. The largest absolute Gasteiger partial charge is 0.507 e. The first-order valence-corrected chi connectivity index (χ1v) is 7.26. The number of benzene rings is 2. The van der Waals surface area contributed by atoms with E-state index in [0.29, 0.717) is 16.0 Å². The standard InChI is InChI=1S/C17H11ClN2O4/c18-11-5-6-15-13(7-11)16(22)10(9-24-15)8-19-20-17(23)12-3-1-2-4-14(12)21/h1-9,21H,(H,20,23). The van der Waals surface area contributed by atoms with Crippen molar-refractivity contribution in [2.75, 3.05) is 0 Å². The summed E-state index contributed by atoms with van der Waals surface area (Å²) in [5.41, 5.74) is 2.55. The second-order valence-corrected chi connectivity index (χ2v) is 5.31. The van der Waals surface area contributed by atoms with Crippen LogP contribution in [0.5, 0.6) is 5.75 Å². The summed E-state index contributed by atoms with van der Waals surface area (Å²) >= 11 is 5.88. The molecule has 1 aromatic heterocycles. The second-order valence-electron chi connectivity index (χ2n) is 4.88. The molecule has 0 unspecified atom stereocenters. The van der Waals surface area contributed by atoms with Gasteiger partial charge >= 0.3 is 0 Å². The van der Waals surface area contributed by atoms with Gasteiger partial charge in [0, 0.05) is 5.02 Å². The summed E-state index contributed by atoms with van der Waals surface area (Å²) in [5, 5.41) is 14.0. The molecule has 2 N–H and O–H groups in total. The van der Waals surface area contributed by atoms with Gasteiger partial charge in [-0.1, -0.05) is 23.7 Å². The Bertz CT molecular complexity index is 1010. The first-order valence-electron chi connectivity index (χ1n) is 6.89. The number of nitrogens with zero attached hydrogens (tertiary/aromatic N) is 1. The highest BCUT2D eigenvalue weighted by Gasteiger charge is 2.09. The van der Waals surface area contributed by atoms with Crippen molar-refractivity contribution in [1.82, 2.24) is 5.43 Å². The van der Waals surface area contributed by atoms with Gasteiger partial charge in [-0.2, -0.15) is 5.10 Å². The van der Waals surface area contributed by atoms with Crippen molar-refractivity contribution >= 4 is 34.7 Å². The normalized spacial score (nSPS) is 11.0. The van der Waals surface area contributed by atoms with Crippen LogP contribution in [-0.2, 0) is 0 Å². The summed E-state index contributed by atoms with van der Waals surface area (Å²) in [4.78, 5) is 24.2. The molecule has 0 saturated carbocycles. The number of hydrazone groups is 1. The van der Waals surface area contributed by atoms with Gasteiger partial charge in [0.2, 0.25) is 5.43 Å². The lowest BCUT2D eigenvalue weighted by molar-refractivity contribution is 0.0952. The molecule has 0 bridgehead atoms. The van der Waals surface area contributed by atoms with E-state index in [1.807, 2.05) is 0 Å². The van der Waals surface area contributed by atoms with E-state index in [2.05, 4.69) is 10.5 Å². The van der Waals surface area contributed by atoms with Gasteiger partial charge in [-0.05, 0) is 30.3 Å². The molecule has 1 heterocycles. The Morgan fingerprint density at radius 1 is 1.25 bits per heavy atom. The van der Waals surface area contributed by atoms with E-state index in [1.165, 1.54) is 30.7 Å². The third kappa shape index (κ3) is 3.13. The molecule has 6 nitrogen and oxygen atoms in total. The Morgan fingerprint density at radius 2 is 2.04 bits per heavy atom. The second kappa shape index (κ2) is 6.55. The number of nitrogens with one attached hydrogen (secondary N) is 1. The minimum absolute atomic E-state index is 0.0759. The molecule has 0 aliphatic carbocycles. The van der Waals surface area contributed by atoms with E-state index in [-0.39, 0.29) is 22.3 Å². The van der Waals surface area contributed by atoms with E-state index in [0.717, 1.165) is 0 Å². The number of hydrogen-bond acceptors (Lipinski definition) is 5. The quantitative estimate of drug-likeness (QED) is 0.565. The predicted molar refractivity (Wildman–Crippen MR) is 90.7 cm³/mol. The fourth-order valence-electron chi connectivity index (χ4n) is 2.09. The summed E-state index contributed by atoms with van der Waals surface area (Å²) in [6, 6.07) is 10.8. The van der Waals surface area contributed by atoms with Crippen LogP contribution in [0, 0.1) is 0 Å². The van der Waals surface area contributed by atoms with Crippen molar-refractivity contribution in [3.8, 4) is 5.75 Å². The van der Waals surface area contributed by atoms with Gasteiger partial charge in [0.05, 0.1) is 22.7 Å². The zero-order valence-corrected chi connectivity index (χ0v) is 12.9. The fourth-order valence-corrected chi connectivity index (χ4v) is 2.27. The van der Waals surface area contributed by atoms with Gasteiger partial charge in [0.1, 0.15) is 17.6 Å². The van der Waals surface area contributed by atoms with E-state index in [4.69, 9.17) is 16.0 Å². The first-order chi connectivity index (χ1) is 11.6. The Kier molecular flexibility index (Phi) is 4.31. The molecule has 0 spiro atoms. The average Bonchev–Trinajstić information content (AvgIpc) is 2.57. The molecule has 0 saturated heterocycles. The lowest BCUT2D eigenvalue weighted by Gasteiger charge is -2.02. The maximum Gasteiger partial charge on any atom is 0.275 e. The van der Waals surface area contributed by atoms with Gasteiger partial charge in [-0.3, -0.25) is 9.59 Å². The van der Waals surface area contributed by atoms with Crippen molar-refractivity contribution in [3.63, 3.8) is 0 Å². The minimum Gasteiger partial charge on any atom is -0.507 e. The van der Waals surface area contributed by atoms with Crippen molar-refractivity contribution in [2.45, 2.75) is 0 Å². The molecule has 7 heteroatoms. The van der Waals surface area contributed by atoms with Gasteiger partial charge < -0.3 is 9.52 Å². The molecule has 24 heavy (non-hydrogen) atoms. The lowest BCUT2D eigenvalue weighted by atomic mass is 10.2. The number of hydrogen-bond donors (Lipinski definition) is 2. The smallest absolute Gasteiger partial charge is 0.275 e. The molecule has 3 aromatic rings. The third-order valence-corrected chi connectivity index (χ3v) is 3.51. The number of halogens is 1. The maximum atomic E-state index is 12.3. The number of phenolic OH excluding ortho intramolecular Hbond substituents is 1. The lowest BCUT2D eigenvalue weighted by Crippen LogP contribution is -2.18. The molecule has 1 amide bonds. The van der Waals surface area contributed by atoms with Crippen LogP contribution in [0.15, 0.2) is 63.0 Å². The number of fused-ring (bicyclic) bond motifs is 1. The molecule has 0 fully saturated rings. The summed E-state index contributed by atoms with van der Waals surface area (Å²) in [6.07, 6.45) is 2.41. The van der Waals surface area contributed by atoms with Crippen LogP contribution < -0.4 is 10.9 Å². The van der Waals surface area contributed by atoms with Gasteiger partial charge in [-0.25, -0.2) is 5.43 Å². The Morgan fingerprint density at radius 3 is 2.83 bits per heavy atom. The number of aromatic hydroxyl groups is 1. The highest BCUT2D eigenvalue weighted by molar-refractivity contribution is 6.31. The zero-order chi connectivity index (χ0) is 17.1.